The third kappa shape index (κ3) is 5.16. The van der Waals surface area contributed by atoms with Crippen molar-refractivity contribution in [1.29, 1.82) is 0 Å². The molecule has 0 spiro atoms. The summed E-state index contributed by atoms with van der Waals surface area (Å²) in [6.07, 6.45) is 0. The van der Waals surface area contributed by atoms with Crippen LogP contribution in [0.25, 0.3) is 78.0 Å². The fourth-order valence-electron chi connectivity index (χ4n) is 6.11. The Labute approximate surface area is 267 Å². The monoisotopic (exact) mass is 591 g/mol. The molecule has 46 heavy (non-hydrogen) atoms. The average Bonchev–Trinajstić information content (AvgIpc) is 3.15. The van der Waals surface area contributed by atoms with Gasteiger partial charge >= 0.3 is 0 Å². The average molecular weight is 592 g/mol. The highest BCUT2D eigenvalue weighted by atomic mass is 16.5. The van der Waals surface area contributed by atoms with Gasteiger partial charge in [-0.3, -0.25) is 0 Å². The van der Waals surface area contributed by atoms with Crippen molar-refractivity contribution in [2.75, 3.05) is 7.11 Å². The molecular weight excluding hydrogens is 562 g/mol. The number of hydrogen-bond donors (Lipinski definition) is 0. The Bertz CT molecular complexity index is 2290. The van der Waals surface area contributed by atoms with Gasteiger partial charge in [0.25, 0.3) is 0 Å². The molecular formula is C42H29N3O. The molecule has 0 bridgehead atoms. The summed E-state index contributed by atoms with van der Waals surface area (Å²) < 4.78 is 5.61. The van der Waals surface area contributed by atoms with Crippen molar-refractivity contribution in [3.63, 3.8) is 0 Å². The van der Waals surface area contributed by atoms with Crippen LogP contribution in [0.2, 0.25) is 0 Å². The van der Waals surface area contributed by atoms with Crippen molar-refractivity contribution in [3.05, 3.63) is 158 Å². The Kier molecular flexibility index (Phi) is 7.01. The molecule has 1 heterocycles. The molecule has 0 fully saturated rings. The van der Waals surface area contributed by atoms with Gasteiger partial charge in [0.1, 0.15) is 5.75 Å². The first-order chi connectivity index (χ1) is 22.7. The van der Waals surface area contributed by atoms with E-state index in [0.717, 1.165) is 44.7 Å². The molecule has 0 aliphatic heterocycles. The number of rotatable bonds is 6. The highest BCUT2D eigenvalue weighted by Crippen LogP contribution is 2.39. The predicted molar refractivity (Wildman–Crippen MR) is 189 cm³/mol. The fraction of sp³-hybridized carbons (Fsp3) is 0.0238. The van der Waals surface area contributed by atoms with Gasteiger partial charge < -0.3 is 4.74 Å². The lowest BCUT2D eigenvalue weighted by Gasteiger charge is -2.15. The fourth-order valence-corrected chi connectivity index (χ4v) is 6.11. The topological polar surface area (TPSA) is 47.9 Å². The van der Waals surface area contributed by atoms with E-state index < -0.39 is 0 Å². The number of methoxy groups -OCH3 is 1. The zero-order valence-electron chi connectivity index (χ0n) is 25.3. The number of aromatic nitrogens is 3. The molecule has 8 rings (SSSR count). The Morgan fingerprint density at radius 1 is 0.370 bits per heavy atom. The normalized spacial score (nSPS) is 11.2. The third-order valence-corrected chi connectivity index (χ3v) is 8.37. The summed E-state index contributed by atoms with van der Waals surface area (Å²) in [6, 6.07) is 54.5. The maximum atomic E-state index is 5.61. The third-order valence-electron chi connectivity index (χ3n) is 8.37. The van der Waals surface area contributed by atoms with E-state index in [9.17, 15) is 0 Å². The van der Waals surface area contributed by atoms with Crippen molar-refractivity contribution in [3.8, 4) is 62.2 Å². The molecule has 218 valence electrons. The van der Waals surface area contributed by atoms with E-state index in [1.807, 2.05) is 72.8 Å². The Morgan fingerprint density at radius 2 is 0.891 bits per heavy atom. The molecule has 0 radical (unpaired) electrons. The lowest BCUT2D eigenvalue weighted by molar-refractivity contribution is 0.415. The van der Waals surface area contributed by atoms with E-state index in [2.05, 4.69) is 84.9 Å². The zero-order valence-corrected chi connectivity index (χ0v) is 25.3. The molecule has 7 aromatic carbocycles. The van der Waals surface area contributed by atoms with Crippen LogP contribution in [0.5, 0.6) is 5.75 Å². The molecule has 0 atom stereocenters. The largest absolute Gasteiger partial charge is 0.497 e. The standard InChI is InChI=1S/C42H29N3O/c1-46-35-19-12-18-30(26-35)32-23-33(39-27-31-17-8-9-20-36(31)37-21-10-11-22-38(37)39)25-34(24-32)42-44-40(28-13-4-2-5-14-28)43-41(45-42)29-15-6-3-7-16-29/h2-27H,1H3. The van der Waals surface area contributed by atoms with Crippen molar-refractivity contribution in [1.82, 2.24) is 15.0 Å². The van der Waals surface area contributed by atoms with Crippen LogP contribution in [0.4, 0.5) is 0 Å². The van der Waals surface area contributed by atoms with Crippen LogP contribution in [0.15, 0.2) is 158 Å². The number of fused-ring (bicyclic) bond motifs is 3. The highest BCUT2D eigenvalue weighted by molar-refractivity contribution is 6.14. The van der Waals surface area contributed by atoms with E-state index in [1.165, 1.54) is 21.5 Å². The molecule has 0 aliphatic rings. The maximum absolute atomic E-state index is 5.61. The quantitative estimate of drug-likeness (QED) is 0.181. The first-order valence-electron chi connectivity index (χ1n) is 15.3. The van der Waals surface area contributed by atoms with Crippen molar-refractivity contribution in [2.45, 2.75) is 0 Å². The second-order valence-corrected chi connectivity index (χ2v) is 11.3. The molecule has 0 N–H and O–H groups in total. The minimum atomic E-state index is 0.615. The van der Waals surface area contributed by atoms with Crippen molar-refractivity contribution >= 4 is 21.5 Å². The van der Waals surface area contributed by atoms with Crippen LogP contribution in [0.3, 0.4) is 0 Å². The van der Waals surface area contributed by atoms with Gasteiger partial charge in [-0.25, -0.2) is 15.0 Å². The number of nitrogens with zero attached hydrogens (tertiary/aromatic N) is 3. The van der Waals surface area contributed by atoms with E-state index in [4.69, 9.17) is 19.7 Å². The zero-order chi connectivity index (χ0) is 30.9. The van der Waals surface area contributed by atoms with Crippen molar-refractivity contribution < 1.29 is 4.74 Å². The summed E-state index contributed by atoms with van der Waals surface area (Å²) in [5.41, 5.74) is 7.12. The van der Waals surface area contributed by atoms with Crippen LogP contribution in [-0.2, 0) is 0 Å². The number of hydrogen-bond acceptors (Lipinski definition) is 4. The van der Waals surface area contributed by atoms with E-state index >= 15 is 0 Å². The van der Waals surface area contributed by atoms with Gasteiger partial charge in [-0.15, -0.1) is 0 Å². The van der Waals surface area contributed by atoms with Crippen molar-refractivity contribution in [2.24, 2.45) is 0 Å². The van der Waals surface area contributed by atoms with Crippen LogP contribution in [0.1, 0.15) is 0 Å². The van der Waals surface area contributed by atoms with E-state index in [1.54, 1.807) is 7.11 Å². The number of benzene rings is 7. The van der Waals surface area contributed by atoms with Gasteiger partial charge in [-0.2, -0.15) is 0 Å². The minimum absolute atomic E-state index is 0.615. The van der Waals surface area contributed by atoms with Crippen LogP contribution in [-0.4, -0.2) is 22.1 Å². The van der Waals surface area contributed by atoms with Gasteiger partial charge in [0.2, 0.25) is 0 Å². The van der Waals surface area contributed by atoms with Gasteiger partial charge in [0, 0.05) is 16.7 Å². The molecule has 0 saturated heterocycles. The maximum Gasteiger partial charge on any atom is 0.164 e. The molecule has 8 aromatic rings. The summed E-state index contributed by atoms with van der Waals surface area (Å²) in [6.45, 7) is 0. The molecule has 0 aliphatic carbocycles. The number of ether oxygens (including phenoxy) is 1. The lowest BCUT2D eigenvalue weighted by Crippen LogP contribution is -2.00. The van der Waals surface area contributed by atoms with Crippen LogP contribution < -0.4 is 4.74 Å². The van der Waals surface area contributed by atoms with Crippen LogP contribution >= 0.6 is 0 Å². The molecule has 0 saturated carbocycles. The van der Waals surface area contributed by atoms with Gasteiger partial charge in [-0.05, 0) is 80.2 Å². The van der Waals surface area contributed by atoms with Gasteiger partial charge in [-0.1, -0.05) is 121 Å². The van der Waals surface area contributed by atoms with E-state index in [0.29, 0.717) is 17.5 Å². The molecule has 0 amide bonds. The first-order valence-corrected chi connectivity index (χ1v) is 15.3. The minimum Gasteiger partial charge on any atom is -0.497 e. The summed E-state index contributed by atoms with van der Waals surface area (Å²) in [4.78, 5) is 15.1. The summed E-state index contributed by atoms with van der Waals surface area (Å²) in [5, 5.41) is 4.85. The highest BCUT2D eigenvalue weighted by Gasteiger charge is 2.16. The summed E-state index contributed by atoms with van der Waals surface area (Å²) in [7, 11) is 1.70. The second-order valence-electron chi connectivity index (χ2n) is 11.3. The van der Waals surface area contributed by atoms with Crippen LogP contribution in [0, 0.1) is 0 Å². The Hall–Kier alpha value is -6.13. The molecule has 0 unspecified atom stereocenters. The summed E-state index contributed by atoms with van der Waals surface area (Å²) >= 11 is 0. The molecule has 4 nitrogen and oxygen atoms in total. The second kappa shape index (κ2) is 11.8. The summed E-state index contributed by atoms with van der Waals surface area (Å²) in [5.74, 6) is 2.69. The predicted octanol–water partition coefficient (Wildman–Crippen LogP) is 10.5. The first kappa shape index (κ1) is 27.4. The van der Waals surface area contributed by atoms with Gasteiger partial charge in [0.15, 0.2) is 17.5 Å². The van der Waals surface area contributed by atoms with E-state index in [-0.39, 0.29) is 0 Å². The Balaban J connectivity index is 1.41. The van der Waals surface area contributed by atoms with Gasteiger partial charge in [0.05, 0.1) is 7.11 Å². The SMILES string of the molecule is COc1cccc(-c2cc(-c3nc(-c4ccccc4)nc(-c4ccccc4)n3)cc(-c3cc4ccccc4c4ccccc34)c2)c1. The smallest absolute Gasteiger partial charge is 0.164 e. The molecule has 4 heteroatoms. The lowest BCUT2D eigenvalue weighted by atomic mass is 9.90. The molecule has 1 aromatic heterocycles. The Morgan fingerprint density at radius 3 is 1.57 bits per heavy atom.